The largest absolute Gasteiger partial charge is 0.465 e. The number of aliphatic imine (C=N–C) groups is 1. The summed E-state index contributed by atoms with van der Waals surface area (Å²) >= 11 is 0. The first kappa shape index (κ1) is 52.5. The van der Waals surface area contributed by atoms with Crippen molar-refractivity contribution in [2.24, 2.45) is 21.6 Å². The normalized spacial score (nSPS) is 12.2. The number of likely N-dealkylation sites (N-methyl/N-ethyl adjacent to an activating group) is 1. The second-order valence-corrected chi connectivity index (χ2v) is 9.40. The lowest BCUT2D eigenvalue weighted by molar-refractivity contribution is 0.179. The van der Waals surface area contributed by atoms with Gasteiger partial charge in [-0.3, -0.25) is 4.90 Å². The summed E-state index contributed by atoms with van der Waals surface area (Å²) in [4.78, 5) is 11.4. The van der Waals surface area contributed by atoms with E-state index < -0.39 is 0 Å². The van der Waals surface area contributed by atoms with E-state index in [1.807, 2.05) is 97.2 Å². The zero-order chi connectivity index (χ0) is 36.4. The molecule has 0 amide bonds. The van der Waals surface area contributed by atoms with Crippen LogP contribution in [0.25, 0.3) is 0 Å². The number of allylic oxidation sites excluding steroid dienone is 4. The first-order chi connectivity index (χ1) is 22.3. The van der Waals surface area contributed by atoms with Gasteiger partial charge in [-0.05, 0) is 72.2 Å². The third-order valence-corrected chi connectivity index (χ3v) is 5.83. The van der Waals surface area contributed by atoms with E-state index in [4.69, 9.17) is 21.2 Å². The van der Waals surface area contributed by atoms with Crippen molar-refractivity contribution in [3.8, 4) is 0 Å². The third-order valence-electron chi connectivity index (χ3n) is 5.83. The number of nitrogens with one attached hydrogen (secondary N) is 2. The summed E-state index contributed by atoms with van der Waals surface area (Å²) in [6.07, 6.45) is 19.9. The molecular weight excluding hydrogens is 574 g/mol. The van der Waals surface area contributed by atoms with Crippen molar-refractivity contribution >= 4 is 12.2 Å². The first-order valence-corrected chi connectivity index (χ1v) is 17.6. The number of hydrazone groups is 1. The van der Waals surface area contributed by atoms with Gasteiger partial charge in [-0.25, -0.2) is 4.99 Å². The van der Waals surface area contributed by atoms with Gasteiger partial charge in [0, 0.05) is 52.3 Å². The van der Waals surface area contributed by atoms with Gasteiger partial charge in [0.15, 0.2) is 0 Å². The van der Waals surface area contributed by atoms with Crippen molar-refractivity contribution in [2.75, 3.05) is 53.4 Å². The number of nitrogens with two attached hydrogens (primary N) is 2. The summed E-state index contributed by atoms with van der Waals surface area (Å²) in [5.41, 5.74) is 14.8. The smallest absolute Gasteiger partial charge is 0.289 e. The Labute approximate surface area is 287 Å². The van der Waals surface area contributed by atoms with Gasteiger partial charge in [-0.1, -0.05) is 73.1 Å². The molecule has 0 aromatic rings. The lowest BCUT2D eigenvalue weighted by Gasteiger charge is -2.31. The predicted octanol–water partition coefficient (Wildman–Crippen LogP) is 7.10. The van der Waals surface area contributed by atoms with E-state index in [0.29, 0.717) is 19.2 Å². The Kier molecular flexibility index (Phi) is 53.0. The van der Waals surface area contributed by atoms with Crippen molar-refractivity contribution < 1.29 is 4.74 Å². The molecule has 0 radical (unpaired) electrons. The van der Waals surface area contributed by atoms with Crippen LogP contribution in [-0.4, -0.2) is 92.7 Å². The maximum absolute atomic E-state index is 6.35. The van der Waals surface area contributed by atoms with Crippen LogP contribution < -0.4 is 22.2 Å². The standard InChI is InChI=1S/C22H48N8O.C6H11N.C4H8.2C2H6/c1-7-11-16-30(14-8-2)20(5)27-22(28(6)21(24)19-26-25-9-3)31-18-12-15-29(10-4)17-13-23;1-3-4-5-6-7-2;1-3-4-2;2*1-2/h9,13,17,20-21,26H,7-8,10-12,14-16,18-19,23-24H2,1-6H3;3-7H,1-2H3;3H,1,4H2,2H3;2*1-2H3/b17-13-,25-9+,27-22+;4-3+,6-5-;;;. The summed E-state index contributed by atoms with van der Waals surface area (Å²) in [6.45, 7) is 30.9. The Morgan fingerprint density at radius 2 is 1.61 bits per heavy atom. The Balaban J connectivity index is -0.000000310. The van der Waals surface area contributed by atoms with Gasteiger partial charge in [0.25, 0.3) is 6.02 Å². The molecule has 0 aliphatic rings. The highest BCUT2D eigenvalue weighted by Gasteiger charge is 2.19. The van der Waals surface area contributed by atoms with Crippen LogP contribution in [0.15, 0.2) is 59.6 Å². The monoisotopic (exact) mass is 654 g/mol. The minimum atomic E-state index is -0.308. The molecule has 0 spiro atoms. The molecule has 0 aromatic heterocycles. The van der Waals surface area contributed by atoms with E-state index in [2.05, 4.69) is 66.8 Å². The number of nitrogens with zero attached hydrogens (tertiary/aromatic N) is 5. The molecule has 0 rings (SSSR count). The van der Waals surface area contributed by atoms with Crippen molar-refractivity contribution in [3.05, 3.63) is 49.5 Å². The summed E-state index contributed by atoms with van der Waals surface area (Å²) in [7, 11) is 3.79. The van der Waals surface area contributed by atoms with Gasteiger partial charge < -0.3 is 36.7 Å². The first-order valence-electron chi connectivity index (χ1n) is 17.6. The van der Waals surface area contributed by atoms with Gasteiger partial charge >= 0.3 is 0 Å². The number of hydrogen-bond donors (Lipinski definition) is 4. The fraction of sp³-hybridized carbons (Fsp3) is 0.722. The van der Waals surface area contributed by atoms with Crippen LogP contribution in [0.3, 0.4) is 0 Å². The average Bonchev–Trinajstić information content (AvgIpc) is 3.09. The maximum atomic E-state index is 6.35. The van der Waals surface area contributed by atoms with Crippen LogP contribution in [0.2, 0.25) is 0 Å². The fourth-order valence-corrected chi connectivity index (χ4v) is 3.28. The number of rotatable bonds is 20. The minimum absolute atomic E-state index is 0.0186. The minimum Gasteiger partial charge on any atom is -0.465 e. The maximum Gasteiger partial charge on any atom is 0.289 e. The van der Waals surface area contributed by atoms with Gasteiger partial charge in [0.1, 0.15) is 12.3 Å². The summed E-state index contributed by atoms with van der Waals surface area (Å²) < 4.78 is 6.13. The van der Waals surface area contributed by atoms with Crippen molar-refractivity contribution in [1.82, 2.24) is 25.4 Å². The average molecular weight is 654 g/mol. The second-order valence-electron chi connectivity index (χ2n) is 9.40. The molecular formula is C36H79N9O. The Hall–Kier alpha value is -2.98. The molecule has 0 bridgehead atoms. The van der Waals surface area contributed by atoms with E-state index in [0.717, 1.165) is 51.9 Å². The number of hydrogen-bond acceptors (Lipinski definition) is 9. The van der Waals surface area contributed by atoms with Gasteiger partial charge in [-0.15, -0.1) is 6.58 Å². The van der Waals surface area contributed by atoms with Gasteiger partial charge in [0.2, 0.25) is 0 Å². The van der Waals surface area contributed by atoms with Crippen molar-refractivity contribution in [3.63, 3.8) is 0 Å². The molecule has 6 N–H and O–H groups in total. The summed E-state index contributed by atoms with van der Waals surface area (Å²) in [6, 6.07) is 0.567. The molecule has 0 saturated carbocycles. The third kappa shape index (κ3) is 37.2. The molecule has 0 aliphatic carbocycles. The fourth-order valence-electron chi connectivity index (χ4n) is 3.28. The molecule has 0 aliphatic heterocycles. The highest BCUT2D eigenvalue weighted by atomic mass is 16.5. The summed E-state index contributed by atoms with van der Waals surface area (Å²) in [5.74, 6) is 0. The Morgan fingerprint density at radius 1 is 0.978 bits per heavy atom. The van der Waals surface area contributed by atoms with E-state index in [9.17, 15) is 0 Å². The highest BCUT2D eigenvalue weighted by Crippen LogP contribution is 2.08. The Morgan fingerprint density at radius 3 is 2.07 bits per heavy atom. The zero-order valence-electron chi connectivity index (χ0n) is 32.6. The van der Waals surface area contributed by atoms with Gasteiger partial charge in [-0.2, -0.15) is 5.10 Å². The van der Waals surface area contributed by atoms with Crippen molar-refractivity contribution in [1.29, 1.82) is 0 Å². The molecule has 2 unspecified atom stereocenters. The van der Waals surface area contributed by atoms with Crippen LogP contribution in [0, 0.1) is 0 Å². The van der Waals surface area contributed by atoms with Crippen LogP contribution >= 0.6 is 0 Å². The molecule has 0 saturated heterocycles. The topological polar surface area (TPSA) is 120 Å². The van der Waals surface area contributed by atoms with Crippen LogP contribution in [-0.2, 0) is 4.74 Å². The second kappa shape index (κ2) is 46.4. The molecule has 0 fully saturated rings. The zero-order valence-corrected chi connectivity index (χ0v) is 32.6. The van der Waals surface area contributed by atoms with Crippen LogP contribution in [0.1, 0.15) is 108 Å². The Bertz CT molecular complexity index is 724. The number of ether oxygens (including phenoxy) is 1. The number of amidine groups is 1. The van der Waals surface area contributed by atoms with E-state index in [1.165, 1.54) is 6.42 Å². The molecule has 274 valence electrons. The molecule has 10 nitrogen and oxygen atoms in total. The molecule has 46 heavy (non-hydrogen) atoms. The predicted molar refractivity (Wildman–Crippen MR) is 209 cm³/mol. The van der Waals surface area contributed by atoms with Crippen LogP contribution in [0.5, 0.6) is 0 Å². The molecule has 0 heterocycles. The van der Waals surface area contributed by atoms with E-state index >= 15 is 0 Å². The molecule has 10 heteroatoms. The quantitative estimate of drug-likeness (QED) is 0.0209. The molecule has 0 aromatic carbocycles. The van der Waals surface area contributed by atoms with Crippen molar-refractivity contribution in [2.45, 2.75) is 121 Å². The highest BCUT2D eigenvalue weighted by molar-refractivity contribution is 5.74. The van der Waals surface area contributed by atoms with E-state index in [-0.39, 0.29) is 12.3 Å². The van der Waals surface area contributed by atoms with E-state index in [1.54, 1.807) is 12.4 Å². The lowest BCUT2D eigenvalue weighted by atomic mass is 10.3. The molecule has 2 atom stereocenters. The SMILES string of the molecule is C/C=C/C=C\NC.C/C=N/NCC(N)N(C)/C(=N\C(C)N(CCC)CCCC)OCCCN(/C=C\N)CC.C=CCC.CC.CC. The van der Waals surface area contributed by atoms with Crippen LogP contribution in [0.4, 0.5) is 0 Å². The van der Waals surface area contributed by atoms with Gasteiger partial charge in [0.05, 0.1) is 13.2 Å². The summed E-state index contributed by atoms with van der Waals surface area (Å²) in [5, 5.41) is 6.90. The lowest BCUT2D eigenvalue weighted by Crippen LogP contribution is -2.50. The number of unbranched alkanes of at least 4 members (excludes halogenated alkanes) is 1.